The Morgan fingerprint density at radius 2 is 1.96 bits per heavy atom. The third-order valence-electron chi connectivity index (χ3n) is 4.31. The van der Waals surface area contributed by atoms with Gasteiger partial charge in [-0.15, -0.1) is 0 Å². The molecule has 2 aromatic heterocycles. The summed E-state index contributed by atoms with van der Waals surface area (Å²) in [5, 5.41) is 12.9. The molecule has 0 radical (unpaired) electrons. The summed E-state index contributed by atoms with van der Waals surface area (Å²) in [4.78, 5) is 11.6. The molecule has 0 spiro atoms. The number of nitrogens with zero attached hydrogens (tertiary/aromatic N) is 1. The van der Waals surface area contributed by atoms with Gasteiger partial charge in [0.05, 0.1) is 5.69 Å². The van der Waals surface area contributed by atoms with Crippen LogP contribution in [0.15, 0.2) is 26.2 Å². The van der Waals surface area contributed by atoms with Crippen LogP contribution in [0.5, 0.6) is 0 Å². The van der Waals surface area contributed by atoms with Crippen molar-refractivity contribution in [3.05, 3.63) is 23.4 Å². The van der Waals surface area contributed by atoms with Crippen LogP contribution in [0, 0.1) is 13.8 Å². The molecule has 0 bridgehead atoms. The van der Waals surface area contributed by atoms with Crippen molar-refractivity contribution in [3.8, 4) is 11.5 Å². The van der Waals surface area contributed by atoms with E-state index in [0.717, 1.165) is 5.56 Å². The van der Waals surface area contributed by atoms with Crippen molar-refractivity contribution in [2.24, 2.45) is 0 Å². The number of sulfonamides is 1. The van der Waals surface area contributed by atoms with Gasteiger partial charge in [0.15, 0.2) is 5.76 Å². The molecule has 1 aliphatic rings. The zero-order valence-electron chi connectivity index (χ0n) is 13.7. The van der Waals surface area contributed by atoms with Crippen LogP contribution in [0.2, 0.25) is 0 Å². The number of ether oxygens (including phenoxy) is 1. The van der Waals surface area contributed by atoms with Crippen LogP contribution in [-0.2, 0) is 19.6 Å². The van der Waals surface area contributed by atoms with Gasteiger partial charge in [0, 0.05) is 31.6 Å². The van der Waals surface area contributed by atoms with Crippen LogP contribution in [0.1, 0.15) is 24.1 Å². The minimum absolute atomic E-state index is 0.0372. The Morgan fingerprint density at radius 1 is 1.28 bits per heavy atom. The summed E-state index contributed by atoms with van der Waals surface area (Å²) >= 11 is 0. The minimum Gasteiger partial charge on any atom is -0.480 e. The molecule has 136 valence electrons. The van der Waals surface area contributed by atoms with Gasteiger partial charge in [-0.1, -0.05) is 5.16 Å². The van der Waals surface area contributed by atoms with E-state index in [-0.39, 0.29) is 36.9 Å². The second-order valence-corrected chi connectivity index (χ2v) is 7.56. The summed E-state index contributed by atoms with van der Waals surface area (Å²) in [5.74, 6) is -0.708. The Kier molecular flexibility index (Phi) is 4.43. The first kappa shape index (κ1) is 17.6. The SMILES string of the molecule is Cc1noc(-c2ccc(S(=O)(=O)NC3(C(=O)O)CCOCC3)o2)c1C. The van der Waals surface area contributed by atoms with Crippen LogP contribution < -0.4 is 4.72 Å². The quantitative estimate of drug-likeness (QED) is 0.808. The fraction of sp³-hybridized carbons (Fsp3) is 0.467. The number of carboxylic acids is 1. The van der Waals surface area contributed by atoms with Gasteiger partial charge < -0.3 is 18.8 Å². The highest BCUT2D eigenvalue weighted by molar-refractivity contribution is 7.89. The predicted molar refractivity (Wildman–Crippen MR) is 84.4 cm³/mol. The monoisotopic (exact) mass is 370 g/mol. The van der Waals surface area contributed by atoms with Crippen molar-refractivity contribution >= 4 is 16.0 Å². The molecule has 0 saturated carbocycles. The Labute approximate surface area is 144 Å². The molecule has 0 atom stereocenters. The third-order valence-corrected chi connectivity index (χ3v) is 5.72. The second-order valence-electron chi connectivity index (χ2n) is 5.95. The van der Waals surface area contributed by atoms with E-state index in [0.29, 0.717) is 11.5 Å². The van der Waals surface area contributed by atoms with Crippen molar-refractivity contribution in [2.75, 3.05) is 13.2 Å². The van der Waals surface area contributed by atoms with E-state index in [1.54, 1.807) is 13.8 Å². The summed E-state index contributed by atoms with van der Waals surface area (Å²) in [6, 6.07) is 2.70. The lowest BCUT2D eigenvalue weighted by Crippen LogP contribution is -2.57. The lowest BCUT2D eigenvalue weighted by molar-refractivity contribution is -0.147. The Bertz CT molecular complexity index is 891. The van der Waals surface area contributed by atoms with Crippen molar-refractivity contribution in [2.45, 2.75) is 37.3 Å². The first-order chi connectivity index (χ1) is 11.8. The summed E-state index contributed by atoms with van der Waals surface area (Å²) in [6.07, 6.45) is 0.0745. The van der Waals surface area contributed by atoms with Gasteiger partial charge in [-0.25, -0.2) is 8.42 Å². The van der Waals surface area contributed by atoms with Gasteiger partial charge in [-0.2, -0.15) is 4.72 Å². The molecule has 3 rings (SSSR count). The molecule has 2 N–H and O–H groups in total. The molecule has 10 heteroatoms. The molecule has 9 nitrogen and oxygen atoms in total. The number of rotatable bonds is 5. The van der Waals surface area contributed by atoms with Gasteiger partial charge in [0.1, 0.15) is 5.54 Å². The van der Waals surface area contributed by atoms with Crippen LogP contribution >= 0.6 is 0 Å². The summed E-state index contributed by atoms with van der Waals surface area (Å²) < 4.78 is 43.1. The summed E-state index contributed by atoms with van der Waals surface area (Å²) in [5.41, 5.74) is -0.207. The highest BCUT2D eigenvalue weighted by Gasteiger charge is 2.44. The normalized spacial score (nSPS) is 17.5. The number of nitrogens with one attached hydrogen (secondary N) is 1. The van der Waals surface area contributed by atoms with Gasteiger partial charge in [-0.05, 0) is 26.0 Å². The number of carboxylic acid groups (broad SMARTS) is 1. The number of carbonyl (C=O) groups is 1. The van der Waals surface area contributed by atoms with Gasteiger partial charge in [0.25, 0.3) is 10.0 Å². The first-order valence-electron chi connectivity index (χ1n) is 7.63. The van der Waals surface area contributed by atoms with Crippen molar-refractivity contribution in [3.63, 3.8) is 0 Å². The van der Waals surface area contributed by atoms with Gasteiger partial charge in [-0.3, -0.25) is 4.79 Å². The topological polar surface area (TPSA) is 132 Å². The van der Waals surface area contributed by atoms with Crippen molar-refractivity contribution in [1.29, 1.82) is 0 Å². The Hall–Kier alpha value is -2.17. The first-order valence-corrected chi connectivity index (χ1v) is 9.12. The molecule has 1 aliphatic heterocycles. The Balaban J connectivity index is 1.90. The summed E-state index contributed by atoms with van der Waals surface area (Å²) in [6.45, 7) is 3.85. The number of furan rings is 1. The minimum atomic E-state index is -4.17. The number of aryl methyl sites for hydroxylation is 1. The molecule has 3 heterocycles. The molecule has 0 unspecified atom stereocenters. The van der Waals surface area contributed by atoms with E-state index in [1.165, 1.54) is 12.1 Å². The lowest BCUT2D eigenvalue weighted by Gasteiger charge is -2.33. The molecule has 1 saturated heterocycles. The molecular formula is C15H18N2O7S. The second kappa shape index (κ2) is 6.28. The average molecular weight is 370 g/mol. The van der Waals surface area contributed by atoms with Crippen molar-refractivity contribution in [1.82, 2.24) is 9.88 Å². The van der Waals surface area contributed by atoms with E-state index in [4.69, 9.17) is 13.7 Å². The molecular weight excluding hydrogens is 352 g/mol. The smallest absolute Gasteiger partial charge is 0.325 e. The van der Waals surface area contributed by atoms with Crippen LogP contribution in [0.25, 0.3) is 11.5 Å². The number of aromatic nitrogens is 1. The average Bonchev–Trinajstić information content (AvgIpc) is 3.16. The summed E-state index contributed by atoms with van der Waals surface area (Å²) in [7, 11) is -4.17. The molecule has 1 fully saturated rings. The van der Waals surface area contributed by atoms with E-state index in [2.05, 4.69) is 9.88 Å². The fourth-order valence-corrected chi connectivity index (χ4v) is 3.97. The maximum absolute atomic E-state index is 12.6. The van der Waals surface area contributed by atoms with Gasteiger partial charge >= 0.3 is 5.97 Å². The van der Waals surface area contributed by atoms with E-state index in [9.17, 15) is 18.3 Å². The number of hydrogen-bond donors (Lipinski definition) is 2. The highest BCUT2D eigenvalue weighted by Crippen LogP contribution is 2.30. The highest BCUT2D eigenvalue weighted by atomic mass is 32.2. The Morgan fingerprint density at radius 3 is 2.52 bits per heavy atom. The number of hydrogen-bond acceptors (Lipinski definition) is 7. The molecule has 0 amide bonds. The predicted octanol–water partition coefficient (Wildman–Crippen LogP) is 1.46. The van der Waals surface area contributed by atoms with Crippen LogP contribution in [0.3, 0.4) is 0 Å². The fourth-order valence-electron chi connectivity index (χ4n) is 2.62. The zero-order valence-corrected chi connectivity index (χ0v) is 14.6. The zero-order chi connectivity index (χ0) is 18.2. The standard InChI is InChI=1S/C15H18N2O7S/c1-9-10(2)16-24-13(9)11-3-4-12(23-11)25(20,21)17-15(14(18)19)5-7-22-8-6-15/h3-4,17H,5-8H2,1-2H3,(H,18,19). The van der Waals surface area contributed by atoms with Crippen molar-refractivity contribution < 1.29 is 32.0 Å². The van der Waals surface area contributed by atoms with Crippen LogP contribution in [0.4, 0.5) is 0 Å². The van der Waals surface area contributed by atoms with E-state index >= 15 is 0 Å². The van der Waals surface area contributed by atoms with Gasteiger partial charge in [0.2, 0.25) is 10.9 Å². The molecule has 2 aromatic rings. The number of aliphatic carboxylic acids is 1. The largest absolute Gasteiger partial charge is 0.480 e. The van der Waals surface area contributed by atoms with E-state index in [1.807, 2.05) is 0 Å². The lowest BCUT2D eigenvalue weighted by atomic mass is 9.92. The van der Waals surface area contributed by atoms with Crippen LogP contribution in [-0.4, -0.2) is 43.4 Å². The third kappa shape index (κ3) is 3.20. The van der Waals surface area contributed by atoms with E-state index < -0.39 is 21.5 Å². The maximum Gasteiger partial charge on any atom is 0.325 e. The molecule has 0 aliphatic carbocycles. The molecule has 0 aromatic carbocycles. The maximum atomic E-state index is 12.6. The molecule has 25 heavy (non-hydrogen) atoms.